The molecule has 0 spiro atoms. The number of nitrogens with one attached hydrogen (secondary N) is 1. The molecule has 3 aromatic rings. The summed E-state index contributed by atoms with van der Waals surface area (Å²) in [7, 11) is 1.56. The lowest BCUT2D eigenvalue weighted by Crippen LogP contribution is -2.17. The van der Waals surface area contributed by atoms with Gasteiger partial charge >= 0.3 is 0 Å². The van der Waals surface area contributed by atoms with Crippen molar-refractivity contribution in [2.75, 3.05) is 12.8 Å². The molecule has 0 saturated heterocycles. The summed E-state index contributed by atoms with van der Waals surface area (Å²) in [6, 6.07) is 12.8. The van der Waals surface area contributed by atoms with Crippen LogP contribution in [-0.2, 0) is 6.61 Å². The van der Waals surface area contributed by atoms with Gasteiger partial charge in [-0.2, -0.15) is 5.10 Å². The van der Waals surface area contributed by atoms with E-state index in [-0.39, 0.29) is 5.91 Å². The van der Waals surface area contributed by atoms with Gasteiger partial charge in [0, 0.05) is 5.02 Å². The molecule has 0 fully saturated rings. The third kappa shape index (κ3) is 5.46. The van der Waals surface area contributed by atoms with Gasteiger partial charge in [0.1, 0.15) is 11.5 Å². The van der Waals surface area contributed by atoms with E-state index in [1.54, 1.807) is 32.2 Å². The number of anilines is 1. The number of methoxy groups -OCH3 is 1. The van der Waals surface area contributed by atoms with Crippen LogP contribution < -0.4 is 20.6 Å². The van der Waals surface area contributed by atoms with Crippen molar-refractivity contribution in [2.45, 2.75) is 13.5 Å². The number of hydrogen-bond donors (Lipinski definition) is 2. The van der Waals surface area contributed by atoms with E-state index < -0.39 is 0 Å². The highest BCUT2D eigenvalue weighted by Gasteiger charge is 2.13. The van der Waals surface area contributed by atoms with Crippen molar-refractivity contribution in [1.29, 1.82) is 0 Å². The van der Waals surface area contributed by atoms with Gasteiger partial charge in [-0.1, -0.05) is 35.1 Å². The minimum Gasteiger partial charge on any atom is -0.493 e. The van der Waals surface area contributed by atoms with Crippen LogP contribution in [0.2, 0.25) is 5.02 Å². The minimum atomic E-state index is -0.360. The molecule has 0 aliphatic carbocycles. The van der Waals surface area contributed by atoms with Crippen LogP contribution in [0.15, 0.2) is 47.6 Å². The van der Waals surface area contributed by atoms with E-state index in [4.69, 9.17) is 26.8 Å². The fourth-order valence-corrected chi connectivity index (χ4v) is 3.45. The van der Waals surface area contributed by atoms with Crippen LogP contribution in [0.5, 0.6) is 11.5 Å². The standard InChI is InChI=1S/C20H19ClN4O3S/c1-12-18(29-20(22)24-12)19(26)25-23-10-13-6-7-16(17(9-13)27-2)28-11-14-4-3-5-15(21)8-14/h3-10H,11H2,1-2H3,(H2,22,24)(H,25,26)/b23-10-. The molecule has 0 bridgehead atoms. The third-order valence-corrected chi connectivity index (χ3v) is 5.09. The van der Waals surface area contributed by atoms with Gasteiger partial charge in [-0.15, -0.1) is 0 Å². The Bertz CT molecular complexity index is 1050. The number of carbonyl (C=O) groups is 1. The summed E-state index contributed by atoms with van der Waals surface area (Å²) < 4.78 is 11.2. The predicted octanol–water partition coefficient (Wildman–Crippen LogP) is 4.04. The molecule has 150 valence electrons. The first-order chi connectivity index (χ1) is 14.0. The first kappa shape index (κ1) is 20.6. The number of hydrogen-bond acceptors (Lipinski definition) is 7. The van der Waals surface area contributed by atoms with Gasteiger partial charge in [-0.05, 0) is 48.4 Å². The molecule has 1 heterocycles. The summed E-state index contributed by atoms with van der Waals surface area (Å²) in [4.78, 5) is 16.6. The number of aromatic nitrogens is 1. The Morgan fingerprint density at radius 1 is 1.31 bits per heavy atom. The van der Waals surface area contributed by atoms with Crippen molar-refractivity contribution < 1.29 is 14.3 Å². The van der Waals surface area contributed by atoms with Gasteiger partial charge in [0.2, 0.25) is 0 Å². The van der Waals surface area contributed by atoms with Gasteiger partial charge < -0.3 is 15.2 Å². The molecule has 0 atom stereocenters. The molecular formula is C20H19ClN4O3S. The lowest BCUT2D eigenvalue weighted by atomic mass is 10.2. The van der Waals surface area contributed by atoms with Crippen LogP contribution in [0.25, 0.3) is 0 Å². The normalized spacial score (nSPS) is 10.9. The van der Waals surface area contributed by atoms with E-state index in [1.807, 2.05) is 24.3 Å². The van der Waals surface area contributed by atoms with Crippen molar-refractivity contribution >= 4 is 40.2 Å². The molecule has 0 aliphatic rings. The molecule has 3 N–H and O–H groups in total. The minimum absolute atomic E-state index is 0.342. The van der Waals surface area contributed by atoms with Crippen molar-refractivity contribution in [2.24, 2.45) is 5.10 Å². The lowest BCUT2D eigenvalue weighted by molar-refractivity contribution is 0.0958. The molecule has 0 aliphatic heterocycles. The lowest BCUT2D eigenvalue weighted by Gasteiger charge is -2.11. The number of amides is 1. The quantitative estimate of drug-likeness (QED) is 0.435. The number of nitrogens with zero attached hydrogens (tertiary/aromatic N) is 2. The molecule has 0 saturated carbocycles. The Hall–Kier alpha value is -3.10. The summed E-state index contributed by atoms with van der Waals surface area (Å²) >= 11 is 7.11. The van der Waals surface area contributed by atoms with E-state index in [0.29, 0.717) is 38.8 Å². The zero-order valence-electron chi connectivity index (χ0n) is 15.8. The molecule has 3 rings (SSSR count). The zero-order chi connectivity index (χ0) is 20.8. The Balaban J connectivity index is 1.64. The summed E-state index contributed by atoms with van der Waals surface area (Å²) in [6.45, 7) is 2.08. The number of ether oxygens (including phenoxy) is 2. The van der Waals surface area contributed by atoms with E-state index in [0.717, 1.165) is 22.5 Å². The first-order valence-corrected chi connectivity index (χ1v) is 9.77. The number of rotatable bonds is 7. The van der Waals surface area contributed by atoms with E-state index in [2.05, 4.69) is 15.5 Å². The van der Waals surface area contributed by atoms with Crippen molar-refractivity contribution in [3.05, 3.63) is 69.2 Å². The smallest absolute Gasteiger partial charge is 0.283 e. The second kappa shape index (κ2) is 9.40. The Morgan fingerprint density at radius 3 is 2.83 bits per heavy atom. The van der Waals surface area contributed by atoms with Crippen molar-refractivity contribution in [1.82, 2.24) is 10.4 Å². The van der Waals surface area contributed by atoms with Gasteiger partial charge in [-0.3, -0.25) is 4.79 Å². The molecule has 2 aromatic carbocycles. The maximum absolute atomic E-state index is 12.1. The molecule has 1 aromatic heterocycles. The van der Waals surface area contributed by atoms with E-state index >= 15 is 0 Å². The van der Waals surface area contributed by atoms with Crippen molar-refractivity contribution in [3.8, 4) is 11.5 Å². The maximum atomic E-state index is 12.1. The number of carbonyl (C=O) groups excluding carboxylic acids is 1. The summed E-state index contributed by atoms with van der Waals surface area (Å²) in [6.07, 6.45) is 1.51. The van der Waals surface area contributed by atoms with Gasteiger partial charge in [0.05, 0.1) is 19.0 Å². The van der Waals surface area contributed by atoms with Crippen LogP contribution in [0, 0.1) is 6.92 Å². The van der Waals surface area contributed by atoms with Crippen LogP contribution in [0.1, 0.15) is 26.5 Å². The molecule has 0 unspecified atom stereocenters. The Labute approximate surface area is 177 Å². The number of aryl methyl sites for hydroxylation is 1. The molecular weight excluding hydrogens is 412 g/mol. The number of benzene rings is 2. The first-order valence-electron chi connectivity index (χ1n) is 8.58. The highest BCUT2D eigenvalue weighted by molar-refractivity contribution is 7.17. The second-order valence-corrected chi connectivity index (χ2v) is 7.46. The number of nitrogen functional groups attached to an aromatic ring is 1. The van der Waals surface area contributed by atoms with Crippen LogP contribution >= 0.6 is 22.9 Å². The number of nitrogens with two attached hydrogens (primary N) is 1. The number of thiazole rings is 1. The second-order valence-electron chi connectivity index (χ2n) is 5.99. The predicted molar refractivity (Wildman–Crippen MR) is 115 cm³/mol. The van der Waals surface area contributed by atoms with Gasteiger partial charge in [0.15, 0.2) is 16.6 Å². The molecule has 0 radical (unpaired) electrons. The molecule has 7 nitrogen and oxygen atoms in total. The van der Waals surface area contributed by atoms with E-state index in [1.165, 1.54) is 6.21 Å². The third-order valence-electron chi connectivity index (χ3n) is 3.87. The average Bonchev–Trinajstić information content (AvgIpc) is 3.05. The Morgan fingerprint density at radius 2 is 2.14 bits per heavy atom. The average molecular weight is 431 g/mol. The van der Waals surface area contributed by atoms with Crippen molar-refractivity contribution in [3.63, 3.8) is 0 Å². The highest BCUT2D eigenvalue weighted by atomic mass is 35.5. The fraction of sp³-hybridized carbons (Fsp3) is 0.150. The molecule has 9 heteroatoms. The SMILES string of the molecule is COc1cc(/C=N\NC(=O)c2sc(N)nc2C)ccc1OCc1cccc(Cl)c1. The molecule has 1 amide bonds. The van der Waals surface area contributed by atoms with Gasteiger partial charge in [-0.25, -0.2) is 10.4 Å². The zero-order valence-corrected chi connectivity index (χ0v) is 17.4. The Kier molecular flexibility index (Phi) is 6.69. The molecule has 29 heavy (non-hydrogen) atoms. The fourth-order valence-electron chi connectivity index (χ4n) is 2.52. The van der Waals surface area contributed by atoms with E-state index in [9.17, 15) is 4.79 Å². The number of halogens is 1. The summed E-state index contributed by atoms with van der Waals surface area (Å²) in [5, 5.41) is 4.98. The van der Waals surface area contributed by atoms with Crippen LogP contribution in [0.3, 0.4) is 0 Å². The van der Waals surface area contributed by atoms with Crippen LogP contribution in [-0.4, -0.2) is 24.2 Å². The summed E-state index contributed by atoms with van der Waals surface area (Å²) in [5.74, 6) is 0.777. The topological polar surface area (TPSA) is 98.8 Å². The summed E-state index contributed by atoms with van der Waals surface area (Å²) in [5.41, 5.74) is 10.3. The maximum Gasteiger partial charge on any atom is 0.283 e. The number of hydrazone groups is 1. The van der Waals surface area contributed by atoms with Gasteiger partial charge in [0.25, 0.3) is 5.91 Å². The largest absolute Gasteiger partial charge is 0.493 e. The van der Waals surface area contributed by atoms with Crippen LogP contribution in [0.4, 0.5) is 5.13 Å². The monoisotopic (exact) mass is 430 g/mol. The highest BCUT2D eigenvalue weighted by Crippen LogP contribution is 2.28.